The predicted molar refractivity (Wildman–Crippen MR) is 52.6 cm³/mol. The third-order valence-electron chi connectivity index (χ3n) is 2.90. The zero-order valence-corrected chi connectivity index (χ0v) is 8.01. The molecule has 0 spiro atoms. The highest BCUT2D eigenvalue weighted by molar-refractivity contribution is 5.31. The molecule has 0 amide bonds. The Kier molecular flexibility index (Phi) is 1.86. The highest BCUT2D eigenvalue weighted by Gasteiger charge is 2.27. The molecule has 0 heterocycles. The largest absolute Gasteiger partial charge is 0.0810 e. The maximum absolute atomic E-state index is 2.49. The van der Waals surface area contributed by atoms with E-state index in [1.54, 1.807) is 5.57 Å². The van der Waals surface area contributed by atoms with Gasteiger partial charge in [0.2, 0.25) is 0 Å². The van der Waals surface area contributed by atoms with E-state index in [-0.39, 0.29) is 0 Å². The van der Waals surface area contributed by atoms with Gasteiger partial charge in [-0.25, -0.2) is 0 Å². The topological polar surface area (TPSA) is 0 Å². The molecule has 0 bridgehead atoms. The minimum absolute atomic E-state index is 0.413. The molecule has 0 aliphatic heterocycles. The molecule has 0 aromatic rings. The zero-order chi connectivity index (χ0) is 8.60. The molecule has 2 rings (SSSR count). The van der Waals surface area contributed by atoms with Crippen molar-refractivity contribution in [2.45, 2.75) is 33.1 Å². The van der Waals surface area contributed by atoms with Gasteiger partial charge in [-0.15, -0.1) is 0 Å². The van der Waals surface area contributed by atoms with Gasteiger partial charge in [0.15, 0.2) is 0 Å². The lowest BCUT2D eigenvalue weighted by Gasteiger charge is -2.34. The first-order chi connectivity index (χ1) is 5.67. The lowest BCUT2D eigenvalue weighted by molar-refractivity contribution is 0.365. The van der Waals surface area contributed by atoms with E-state index in [9.17, 15) is 0 Å². The van der Waals surface area contributed by atoms with Crippen LogP contribution in [0.3, 0.4) is 0 Å². The second-order valence-electron chi connectivity index (χ2n) is 4.65. The molecule has 0 nitrogen and oxygen atoms in total. The molecule has 2 aliphatic carbocycles. The molecule has 65 valence electrons. The minimum Gasteiger partial charge on any atom is -0.0810 e. The zero-order valence-electron chi connectivity index (χ0n) is 8.01. The van der Waals surface area contributed by atoms with Gasteiger partial charge in [0.1, 0.15) is 0 Å². The summed E-state index contributed by atoms with van der Waals surface area (Å²) in [5, 5.41) is 0. The highest BCUT2D eigenvalue weighted by Crippen LogP contribution is 2.40. The van der Waals surface area contributed by atoms with Crippen LogP contribution in [0.5, 0.6) is 0 Å². The van der Waals surface area contributed by atoms with E-state index >= 15 is 0 Å². The summed E-state index contributed by atoms with van der Waals surface area (Å²) in [5.41, 5.74) is 1.97. The molecule has 0 heteroatoms. The fraction of sp³-hybridized carbons (Fsp3) is 0.583. The molecule has 2 aliphatic rings. The van der Waals surface area contributed by atoms with Crippen LogP contribution < -0.4 is 0 Å². The molecular formula is C12H17. The van der Waals surface area contributed by atoms with Gasteiger partial charge >= 0.3 is 0 Å². The first kappa shape index (κ1) is 8.10. The number of fused-ring (bicyclic) bond motifs is 1. The average Bonchev–Trinajstić information content (AvgIpc) is 2.02. The monoisotopic (exact) mass is 161 g/mol. The second kappa shape index (κ2) is 2.76. The second-order valence-corrected chi connectivity index (χ2v) is 4.65. The van der Waals surface area contributed by atoms with E-state index in [0.717, 1.165) is 5.92 Å². The molecule has 1 unspecified atom stereocenters. The normalized spacial score (nSPS) is 32.5. The number of rotatable bonds is 0. The Labute approximate surface area is 75.4 Å². The van der Waals surface area contributed by atoms with Gasteiger partial charge in [-0.2, -0.15) is 0 Å². The summed E-state index contributed by atoms with van der Waals surface area (Å²) < 4.78 is 0. The van der Waals surface area contributed by atoms with Crippen molar-refractivity contribution in [2.24, 2.45) is 11.3 Å². The molecule has 1 radical (unpaired) electrons. The highest BCUT2D eigenvalue weighted by atomic mass is 14.3. The van der Waals surface area contributed by atoms with Crippen LogP contribution in [0.2, 0.25) is 0 Å². The lowest BCUT2D eigenvalue weighted by atomic mass is 9.71. The third-order valence-corrected chi connectivity index (χ3v) is 2.90. The van der Waals surface area contributed by atoms with Crippen LogP contribution in [0.15, 0.2) is 23.8 Å². The van der Waals surface area contributed by atoms with Crippen LogP contribution >= 0.6 is 0 Å². The van der Waals surface area contributed by atoms with E-state index < -0.39 is 0 Å². The summed E-state index contributed by atoms with van der Waals surface area (Å²) in [4.78, 5) is 0. The van der Waals surface area contributed by atoms with Gasteiger partial charge in [-0.05, 0) is 42.6 Å². The van der Waals surface area contributed by atoms with Gasteiger partial charge in [-0.1, -0.05) is 32.1 Å². The van der Waals surface area contributed by atoms with Crippen molar-refractivity contribution in [3.05, 3.63) is 30.2 Å². The molecule has 0 saturated carbocycles. The molecule has 0 aromatic carbocycles. The molecule has 0 saturated heterocycles. The Morgan fingerprint density at radius 2 is 2.17 bits per heavy atom. The van der Waals surface area contributed by atoms with Gasteiger partial charge < -0.3 is 0 Å². The molecule has 12 heavy (non-hydrogen) atoms. The molecule has 1 atom stereocenters. The predicted octanol–water partition coefficient (Wildman–Crippen LogP) is 3.51. The summed E-state index contributed by atoms with van der Waals surface area (Å²) in [6, 6.07) is 0. The Morgan fingerprint density at radius 1 is 1.33 bits per heavy atom. The van der Waals surface area contributed by atoms with E-state index in [1.165, 1.54) is 19.3 Å². The van der Waals surface area contributed by atoms with Crippen molar-refractivity contribution in [3.63, 3.8) is 0 Å². The average molecular weight is 161 g/mol. The molecular weight excluding hydrogens is 144 g/mol. The fourth-order valence-corrected chi connectivity index (χ4v) is 2.18. The molecule has 0 fully saturated rings. The summed E-state index contributed by atoms with van der Waals surface area (Å²) >= 11 is 0. The van der Waals surface area contributed by atoms with Gasteiger partial charge in [0, 0.05) is 0 Å². The Hall–Kier alpha value is -0.520. The first-order valence-corrected chi connectivity index (χ1v) is 4.90. The van der Waals surface area contributed by atoms with Crippen molar-refractivity contribution in [1.29, 1.82) is 0 Å². The van der Waals surface area contributed by atoms with Crippen LogP contribution in [0.4, 0.5) is 0 Å². The van der Waals surface area contributed by atoms with Crippen LogP contribution in [-0.2, 0) is 0 Å². The third kappa shape index (κ3) is 1.48. The maximum Gasteiger partial charge on any atom is -0.0126 e. The van der Waals surface area contributed by atoms with Crippen LogP contribution in [0, 0.1) is 17.8 Å². The summed E-state index contributed by atoms with van der Waals surface area (Å²) in [7, 11) is 0. The first-order valence-electron chi connectivity index (χ1n) is 4.90. The van der Waals surface area contributed by atoms with E-state index in [4.69, 9.17) is 0 Å². The van der Waals surface area contributed by atoms with Gasteiger partial charge in [0.25, 0.3) is 0 Å². The van der Waals surface area contributed by atoms with Crippen LogP contribution in [0.1, 0.15) is 33.1 Å². The van der Waals surface area contributed by atoms with Crippen LogP contribution in [-0.4, -0.2) is 0 Å². The van der Waals surface area contributed by atoms with Crippen molar-refractivity contribution in [2.75, 3.05) is 0 Å². The number of hydrogen-bond donors (Lipinski definition) is 0. The quantitative estimate of drug-likeness (QED) is 0.510. The lowest BCUT2D eigenvalue weighted by Crippen LogP contribution is -2.22. The summed E-state index contributed by atoms with van der Waals surface area (Å²) in [5.74, 6) is 0.749. The van der Waals surface area contributed by atoms with Crippen LogP contribution in [0.25, 0.3) is 0 Å². The van der Waals surface area contributed by atoms with E-state index in [0.29, 0.717) is 5.41 Å². The Bertz CT molecular complexity index is 230. The Balaban J connectivity index is 2.24. The van der Waals surface area contributed by atoms with Crippen molar-refractivity contribution < 1.29 is 0 Å². The fourth-order valence-electron chi connectivity index (χ4n) is 2.18. The molecule has 0 N–H and O–H groups in total. The maximum atomic E-state index is 2.49. The molecule has 0 aromatic heterocycles. The smallest absolute Gasteiger partial charge is 0.0126 e. The Morgan fingerprint density at radius 3 is 3.00 bits per heavy atom. The number of hydrogen-bond acceptors (Lipinski definition) is 0. The van der Waals surface area contributed by atoms with Crippen molar-refractivity contribution in [1.82, 2.24) is 0 Å². The summed E-state index contributed by atoms with van der Waals surface area (Å²) in [6.07, 6.45) is 13.4. The minimum atomic E-state index is 0.413. The standard InChI is InChI=1S/C12H17/c1-12(2)8-7-10-5-3-4-6-11(10)9-12/h5-8,11H,3-4,9H2,1-2H3. The van der Waals surface area contributed by atoms with E-state index in [2.05, 4.69) is 38.5 Å². The van der Waals surface area contributed by atoms with Crippen molar-refractivity contribution in [3.8, 4) is 0 Å². The number of allylic oxidation sites excluding steroid dienone is 4. The van der Waals surface area contributed by atoms with Gasteiger partial charge in [-0.3, -0.25) is 0 Å². The van der Waals surface area contributed by atoms with Crippen molar-refractivity contribution >= 4 is 0 Å². The van der Waals surface area contributed by atoms with Gasteiger partial charge in [0.05, 0.1) is 0 Å². The van der Waals surface area contributed by atoms with E-state index in [1.807, 2.05) is 0 Å². The summed E-state index contributed by atoms with van der Waals surface area (Å²) in [6.45, 7) is 4.64. The SMILES string of the molecule is CC1(C)C=CC2=CCC[CH]C2C1.